The molecule has 2 heterocycles. The van der Waals surface area contributed by atoms with Gasteiger partial charge in [-0.05, 0) is 25.8 Å². The minimum atomic E-state index is 0.852. The summed E-state index contributed by atoms with van der Waals surface area (Å²) in [6.45, 7) is 7.23. The highest BCUT2D eigenvalue weighted by molar-refractivity contribution is 5.74. The molecule has 0 bridgehead atoms. The molecule has 1 aromatic rings. The maximum atomic E-state index is 6.13. The molecule has 0 radical (unpaired) electrons. The average molecular weight is 220 g/mol. The number of hydrogen-bond donors (Lipinski definition) is 2. The van der Waals surface area contributed by atoms with Crippen molar-refractivity contribution in [2.75, 3.05) is 18.8 Å². The topological polar surface area (TPSA) is 60.2 Å². The lowest BCUT2D eigenvalue weighted by Crippen LogP contribution is -2.36. The summed E-state index contributed by atoms with van der Waals surface area (Å²) in [5, 5.41) is 0. The summed E-state index contributed by atoms with van der Waals surface area (Å²) >= 11 is 0. The molecule has 0 atom stereocenters. The molecule has 1 fully saturated rings. The Bertz CT molecular complexity index is 413. The second-order valence-electron chi connectivity index (χ2n) is 4.25. The molecule has 0 aliphatic carbocycles. The van der Waals surface area contributed by atoms with Gasteiger partial charge in [-0.25, -0.2) is 0 Å². The lowest BCUT2D eigenvalue weighted by atomic mass is 10.1. The number of anilines is 1. The van der Waals surface area contributed by atoms with E-state index in [-0.39, 0.29) is 0 Å². The van der Waals surface area contributed by atoms with Gasteiger partial charge in [0.05, 0.1) is 17.1 Å². The van der Waals surface area contributed by atoms with Crippen molar-refractivity contribution in [1.82, 2.24) is 9.47 Å². The molecule has 0 aromatic carbocycles. The van der Waals surface area contributed by atoms with Gasteiger partial charge >= 0.3 is 0 Å². The molecule has 0 amide bonds. The van der Waals surface area contributed by atoms with Gasteiger partial charge in [-0.15, -0.1) is 0 Å². The van der Waals surface area contributed by atoms with Gasteiger partial charge in [0.25, 0.3) is 0 Å². The van der Waals surface area contributed by atoms with Crippen molar-refractivity contribution in [2.45, 2.75) is 26.8 Å². The van der Waals surface area contributed by atoms with Crippen LogP contribution in [0.15, 0.2) is 12.4 Å². The number of rotatable bonds is 3. The van der Waals surface area contributed by atoms with E-state index in [4.69, 9.17) is 11.5 Å². The molecule has 0 saturated carbocycles. The summed E-state index contributed by atoms with van der Waals surface area (Å²) in [4.78, 5) is 2.28. The molecule has 1 aromatic heterocycles. The third kappa shape index (κ3) is 1.54. The minimum absolute atomic E-state index is 0.852. The second kappa shape index (κ2) is 4.12. The number of aryl methyl sites for hydroxylation is 2. The molecular formula is C12H20N4. The maximum Gasteiger partial charge on any atom is 0.0895 e. The van der Waals surface area contributed by atoms with Gasteiger partial charge in [-0.2, -0.15) is 0 Å². The van der Waals surface area contributed by atoms with Gasteiger partial charge < -0.3 is 20.9 Å². The molecule has 0 spiro atoms. The Balaban J connectivity index is 2.44. The van der Waals surface area contributed by atoms with Crippen LogP contribution in [0, 0.1) is 6.92 Å². The first kappa shape index (κ1) is 10.9. The molecule has 1 aliphatic rings. The van der Waals surface area contributed by atoms with Crippen LogP contribution in [0.3, 0.4) is 0 Å². The van der Waals surface area contributed by atoms with Crippen molar-refractivity contribution < 1.29 is 0 Å². The Morgan fingerprint density at radius 3 is 2.62 bits per heavy atom. The molecule has 88 valence electrons. The van der Waals surface area contributed by atoms with Gasteiger partial charge in [-0.1, -0.05) is 0 Å². The van der Waals surface area contributed by atoms with Crippen LogP contribution in [0.5, 0.6) is 0 Å². The lowest BCUT2D eigenvalue weighted by Gasteiger charge is -2.35. The summed E-state index contributed by atoms with van der Waals surface area (Å²) in [5.74, 6) is 0. The van der Waals surface area contributed by atoms with Crippen LogP contribution in [0.25, 0.3) is 5.70 Å². The van der Waals surface area contributed by atoms with Gasteiger partial charge in [0.1, 0.15) is 0 Å². The van der Waals surface area contributed by atoms with E-state index in [1.54, 1.807) is 6.20 Å². The zero-order valence-electron chi connectivity index (χ0n) is 10.0. The van der Waals surface area contributed by atoms with Gasteiger partial charge in [0.2, 0.25) is 0 Å². The largest absolute Gasteiger partial charge is 0.403 e. The van der Waals surface area contributed by atoms with Crippen LogP contribution in [0.2, 0.25) is 0 Å². The van der Waals surface area contributed by atoms with Crippen molar-refractivity contribution in [3.8, 4) is 0 Å². The van der Waals surface area contributed by atoms with Crippen molar-refractivity contribution in [3.05, 3.63) is 23.7 Å². The quantitative estimate of drug-likeness (QED) is 0.808. The maximum absolute atomic E-state index is 6.13. The number of nitrogens with zero attached hydrogens (tertiary/aromatic N) is 2. The first-order valence-corrected chi connectivity index (χ1v) is 5.81. The Morgan fingerprint density at radius 1 is 1.50 bits per heavy atom. The molecule has 0 unspecified atom stereocenters. The van der Waals surface area contributed by atoms with E-state index >= 15 is 0 Å². The zero-order chi connectivity index (χ0) is 11.7. The van der Waals surface area contributed by atoms with Crippen molar-refractivity contribution in [3.63, 3.8) is 0 Å². The summed E-state index contributed by atoms with van der Waals surface area (Å²) in [7, 11) is 0. The Kier molecular flexibility index (Phi) is 2.81. The Labute approximate surface area is 96.5 Å². The number of aromatic nitrogens is 1. The van der Waals surface area contributed by atoms with Gasteiger partial charge in [0.15, 0.2) is 0 Å². The fourth-order valence-electron chi connectivity index (χ4n) is 2.14. The number of nitrogen functional groups attached to an aromatic ring is 1. The monoisotopic (exact) mass is 220 g/mol. The third-order valence-corrected chi connectivity index (χ3v) is 3.25. The van der Waals surface area contributed by atoms with E-state index in [1.807, 2.05) is 6.92 Å². The van der Waals surface area contributed by atoms with Gasteiger partial charge in [0, 0.05) is 32.0 Å². The van der Waals surface area contributed by atoms with Crippen LogP contribution in [0.4, 0.5) is 5.69 Å². The van der Waals surface area contributed by atoms with Crippen LogP contribution in [0.1, 0.15) is 24.6 Å². The van der Waals surface area contributed by atoms with Crippen LogP contribution >= 0.6 is 0 Å². The van der Waals surface area contributed by atoms with Crippen molar-refractivity contribution in [1.29, 1.82) is 0 Å². The van der Waals surface area contributed by atoms with E-state index in [0.29, 0.717) is 0 Å². The van der Waals surface area contributed by atoms with E-state index in [9.17, 15) is 0 Å². The first-order chi connectivity index (χ1) is 7.69. The summed E-state index contributed by atoms with van der Waals surface area (Å²) in [6, 6.07) is 0. The highest BCUT2D eigenvalue weighted by Gasteiger charge is 2.23. The van der Waals surface area contributed by atoms with Crippen molar-refractivity contribution in [2.24, 2.45) is 5.73 Å². The van der Waals surface area contributed by atoms with Crippen LogP contribution in [-0.2, 0) is 6.54 Å². The molecule has 4 heteroatoms. The molecule has 1 aliphatic heterocycles. The Hall–Kier alpha value is -1.58. The summed E-state index contributed by atoms with van der Waals surface area (Å²) in [6.07, 6.45) is 5.01. The molecule has 2 rings (SSSR count). The first-order valence-electron chi connectivity index (χ1n) is 5.81. The molecule has 4 N–H and O–H groups in total. The van der Waals surface area contributed by atoms with E-state index < -0.39 is 0 Å². The fraction of sp³-hybridized carbons (Fsp3) is 0.500. The molecule has 16 heavy (non-hydrogen) atoms. The predicted octanol–water partition coefficient (Wildman–Crippen LogP) is 1.36. The standard InChI is InChI=1S/C12H20N4/c1-3-15-8-9(2)11(14)12(15)10(7-13)16-5-4-6-16/h7-8H,3-6,13-14H2,1-2H3/b10-7+. The summed E-state index contributed by atoms with van der Waals surface area (Å²) < 4.78 is 2.17. The highest BCUT2D eigenvalue weighted by atomic mass is 15.2. The van der Waals surface area contributed by atoms with E-state index in [1.165, 1.54) is 6.42 Å². The number of likely N-dealkylation sites (tertiary alicyclic amines) is 1. The second-order valence-corrected chi connectivity index (χ2v) is 4.25. The minimum Gasteiger partial charge on any atom is -0.403 e. The molecule has 1 saturated heterocycles. The summed E-state index contributed by atoms with van der Waals surface area (Å²) in [5.41, 5.74) is 16.0. The lowest BCUT2D eigenvalue weighted by molar-refractivity contribution is 0.280. The molecular weight excluding hydrogens is 200 g/mol. The van der Waals surface area contributed by atoms with Crippen LogP contribution in [-0.4, -0.2) is 22.6 Å². The van der Waals surface area contributed by atoms with Crippen LogP contribution < -0.4 is 11.5 Å². The highest BCUT2D eigenvalue weighted by Crippen LogP contribution is 2.31. The Morgan fingerprint density at radius 2 is 2.19 bits per heavy atom. The van der Waals surface area contributed by atoms with E-state index in [2.05, 4.69) is 22.6 Å². The predicted molar refractivity (Wildman–Crippen MR) is 67.6 cm³/mol. The van der Waals surface area contributed by atoms with E-state index in [0.717, 1.165) is 42.3 Å². The fourth-order valence-corrected chi connectivity index (χ4v) is 2.14. The third-order valence-electron chi connectivity index (χ3n) is 3.25. The average Bonchev–Trinajstić information content (AvgIpc) is 2.49. The van der Waals surface area contributed by atoms with Crippen molar-refractivity contribution >= 4 is 11.4 Å². The number of nitrogens with two attached hydrogens (primary N) is 2. The SMILES string of the molecule is CCn1cc(C)c(N)c1/C(=C\N)N1CCC1. The smallest absolute Gasteiger partial charge is 0.0895 e. The normalized spacial score (nSPS) is 16.4. The van der Waals surface area contributed by atoms with Gasteiger partial charge in [-0.3, -0.25) is 0 Å². The zero-order valence-corrected chi connectivity index (χ0v) is 10.0. The number of hydrogen-bond acceptors (Lipinski definition) is 3. The molecule has 4 nitrogen and oxygen atoms in total.